The molecule has 0 heterocycles. The van der Waals surface area contributed by atoms with Crippen LogP contribution in [0.15, 0.2) is 48.5 Å². The van der Waals surface area contributed by atoms with E-state index in [0.717, 1.165) is 6.07 Å². The molecule has 100 valence electrons. The molecular weight excluding hydrogens is 255 g/mol. The lowest BCUT2D eigenvalue weighted by molar-refractivity contribution is -0.138. The largest absolute Gasteiger partial charge is 0.457 e. The number of hydrogen-bond donors (Lipinski definition) is 1. The summed E-state index contributed by atoms with van der Waals surface area (Å²) in [5.41, 5.74) is 4.64. The Labute approximate surface area is 108 Å². The second-order valence-corrected chi connectivity index (χ2v) is 3.94. The van der Waals surface area contributed by atoms with Crippen molar-refractivity contribution in [3.63, 3.8) is 0 Å². The van der Waals surface area contributed by atoms with Crippen LogP contribution in [0.25, 0.3) is 0 Å². The van der Waals surface area contributed by atoms with E-state index in [1.807, 2.05) is 6.07 Å². The van der Waals surface area contributed by atoms with Gasteiger partial charge in [0.25, 0.3) is 0 Å². The van der Waals surface area contributed by atoms with Crippen molar-refractivity contribution in [2.24, 2.45) is 5.73 Å². The van der Waals surface area contributed by atoms with E-state index in [1.165, 1.54) is 12.1 Å². The maximum atomic E-state index is 12.7. The number of benzene rings is 2. The fourth-order valence-electron chi connectivity index (χ4n) is 1.70. The van der Waals surface area contributed by atoms with Gasteiger partial charge in [-0.1, -0.05) is 18.2 Å². The summed E-state index contributed by atoms with van der Waals surface area (Å²) in [4.78, 5) is 0. The van der Waals surface area contributed by atoms with E-state index in [2.05, 4.69) is 0 Å². The molecule has 0 fully saturated rings. The van der Waals surface area contributed by atoms with Crippen LogP contribution in [0.4, 0.5) is 13.2 Å². The normalized spacial score (nSPS) is 11.4. The molecule has 2 aromatic rings. The van der Waals surface area contributed by atoms with Gasteiger partial charge >= 0.3 is 6.18 Å². The molecule has 2 aromatic carbocycles. The molecule has 0 radical (unpaired) electrons. The highest BCUT2D eigenvalue weighted by molar-refractivity contribution is 5.39. The Hall–Kier alpha value is -2.01. The third kappa shape index (κ3) is 3.26. The van der Waals surface area contributed by atoms with Crippen LogP contribution in [0.3, 0.4) is 0 Å². The van der Waals surface area contributed by atoms with Crippen LogP contribution in [-0.2, 0) is 12.7 Å². The number of rotatable bonds is 3. The first kappa shape index (κ1) is 13.4. The zero-order valence-electron chi connectivity index (χ0n) is 9.95. The molecule has 2 nitrogen and oxygen atoms in total. The van der Waals surface area contributed by atoms with E-state index in [9.17, 15) is 13.2 Å². The monoisotopic (exact) mass is 267 g/mol. The van der Waals surface area contributed by atoms with Gasteiger partial charge in [0.1, 0.15) is 11.5 Å². The molecule has 0 amide bonds. The molecule has 0 aliphatic heterocycles. The highest BCUT2D eigenvalue weighted by Crippen LogP contribution is 2.34. The second-order valence-electron chi connectivity index (χ2n) is 3.94. The third-order valence-corrected chi connectivity index (χ3v) is 2.58. The number of ether oxygens (including phenoxy) is 1. The molecule has 0 bridgehead atoms. The molecule has 5 heteroatoms. The van der Waals surface area contributed by atoms with Crippen molar-refractivity contribution in [3.8, 4) is 11.5 Å². The van der Waals surface area contributed by atoms with Gasteiger partial charge in [-0.25, -0.2) is 0 Å². The summed E-state index contributed by atoms with van der Waals surface area (Å²) in [5, 5.41) is 0. The van der Waals surface area contributed by atoms with Crippen LogP contribution in [0, 0.1) is 0 Å². The van der Waals surface area contributed by atoms with Gasteiger partial charge in [-0.05, 0) is 35.9 Å². The van der Waals surface area contributed by atoms with Gasteiger partial charge in [0.2, 0.25) is 0 Å². The molecule has 0 unspecified atom stereocenters. The Morgan fingerprint density at radius 2 is 1.63 bits per heavy atom. The van der Waals surface area contributed by atoms with Crippen LogP contribution < -0.4 is 10.5 Å². The third-order valence-electron chi connectivity index (χ3n) is 2.58. The minimum atomic E-state index is -4.40. The lowest BCUT2D eigenvalue weighted by Gasteiger charge is -2.13. The van der Waals surface area contributed by atoms with Crippen molar-refractivity contribution in [2.45, 2.75) is 12.7 Å². The maximum absolute atomic E-state index is 12.7. The molecule has 0 saturated heterocycles. The summed E-state index contributed by atoms with van der Waals surface area (Å²) in [6.45, 7) is -0.194. The van der Waals surface area contributed by atoms with Gasteiger partial charge in [0, 0.05) is 6.54 Å². The van der Waals surface area contributed by atoms with Crippen LogP contribution >= 0.6 is 0 Å². The summed E-state index contributed by atoms with van der Waals surface area (Å²) in [6, 6.07) is 12.4. The number of nitrogens with two attached hydrogens (primary N) is 1. The van der Waals surface area contributed by atoms with E-state index in [1.54, 1.807) is 24.3 Å². The smallest absolute Gasteiger partial charge is 0.416 e. The van der Waals surface area contributed by atoms with Crippen molar-refractivity contribution < 1.29 is 17.9 Å². The van der Waals surface area contributed by atoms with E-state index in [4.69, 9.17) is 10.5 Å². The maximum Gasteiger partial charge on any atom is 0.416 e. The fraction of sp³-hybridized carbons (Fsp3) is 0.143. The summed E-state index contributed by atoms with van der Waals surface area (Å²) in [5.74, 6) is 0.893. The van der Waals surface area contributed by atoms with E-state index in [0.29, 0.717) is 11.5 Å². The molecule has 0 aliphatic rings. The average Bonchev–Trinajstić information content (AvgIpc) is 2.38. The van der Waals surface area contributed by atoms with Gasteiger partial charge in [0.05, 0.1) is 5.56 Å². The summed E-state index contributed by atoms with van der Waals surface area (Å²) in [7, 11) is 0. The van der Waals surface area contributed by atoms with Gasteiger partial charge in [0.15, 0.2) is 0 Å². The van der Waals surface area contributed by atoms with Crippen LogP contribution in [0.5, 0.6) is 11.5 Å². The Kier molecular flexibility index (Phi) is 3.76. The average molecular weight is 267 g/mol. The second kappa shape index (κ2) is 5.32. The molecule has 0 atom stereocenters. The lowest BCUT2D eigenvalue weighted by Crippen LogP contribution is -2.11. The molecular formula is C14H12F3NO. The van der Waals surface area contributed by atoms with Gasteiger partial charge in [-0.2, -0.15) is 13.2 Å². The van der Waals surface area contributed by atoms with Crippen LogP contribution in [0.1, 0.15) is 11.1 Å². The predicted molar refractivity (Wildman–Crippen MR) is 65.9 cm³/mol. The van der Waals surface area contributed by atoms with E-state index >= 15 is 0 Å². The molecule has 0 spiro atoms. The van der Waals surface area contributed by atoms with Gasteiger partial charge < -0.3 is 10.5 Å². The fourth-order valence-corrected chi connectivity index (χ4v) is 1.70. The first-order valence-electron chi connectivity index (χ1n) is 5.64. The summed E-state index contributed by atoms with van der Waals surface area (Å²) >= 11 is 0. The van der Waals surface area contributed by atoms with Crippen molar-refractivity contribution in [1.29, 1.82) is 0 Å². The Bertz CT molecular complexity index is 552. The Morgan fingerprint density at radius 3 is 2.21 bits per heavy atom. The molecule has 19 heavy (non-hydrogen) atoms. The first-order chi connectivity index (χ1) is 9.00. The molecule has 2 N–H and O–H groups in total. The number of alkyl halides is 3. The highest BCUT2D eigenvalue weighted by Gasteiger charge is 2.33. The topological polar surface area (TPSA) is 35.2 Å². The molecule has 2 rings (SSSR count). The Morgan fingerprint density at radius 1 is 0.947 bits per heavy atom. The lowest BCUT2D eigenvalue weighted by atomic mass is 10.1. The summed E-state index contributed by atoms with van der Waals surface area (Å²) in [6.07, 6.45) is -4.40. The Balaban J connectivity index is 2.30. The number of halogens is 3. The van der Waals surface area contributed by atoms with E-state index in [-0.39, 0.29) is 12.1 Å². The van der Waals surface area contributed by atoms with E-state index < -0.39 is 11.7 Å². The number of hydrogen-bond acceptors (Lipinski definition) is 2. The van der Waals surface area contributed by atoms with Gasteiger partial charge in [-0.15, -0.1) is 0 Å². The first-order valence-corrected chi connectivity index (χ1v) is 5.64. The van der Waals surface area contributed by atoms with Crippen molar-refractivity contribution >= 4 is 0 Å². The zero-order valence-corrected chi connectivity index (χ0v) is 9.95. The molecule has 0 aliphatic carbocycles. The number of para-hydroxylation sites is 1. The molecule has 0 aromatic heterocycles. The van der Waals surface area contributed by atoms with Crippen molar-refractivity contribution in [2.75, 3.05) is 0 Å². The quantitative estimate of drug-likeness (QED) is 0.913. The predicted octanol–water partition coefficient (Wildman–Crippen LogP) is 3.96. The summed E-state index contributed by atoms with van der Waals surface area (Å²) < 4.78 is 43.6. The van der Waals surface area contributed by atoms with Crippen LogP contribution in [0.2, 0.25) is 0 Å². The zero-order chi connectivity index (χ0) is 13.9. The van der Waals surface area contributed by atoms with Crippen molar-refractivity contribution in [1.82, 2.24) is 0 Å². The minimum Gasteiger partial charge on any atom is -0.457 e. The highest BCUT2D eigenvalue weighted by atomic mass is 19.4. The SMILES string of the molecule is NCc1cc(Oc2ccccc2)ccc1C(F)(F)F. The minimum absolute atomic E-state index is 0.0148. The van der Waals surface area contributed by atoms with Crippen molar-refractivity contribution in [3.05, 3.63) is 59.7 Å². The van der Waals surface area contributed by atoms with Gasteiger partial charge in [-0.3, -0.25) is 0 Å². The standard InChI is InChI=1S/C14H12F3NO/c15-14(16,17)13-7-6-12(8-10(13)9-18)19-11-4-2-1-3-5-11/h1-8H,9,18H2. The van der Waals surface area contributed by atoms with Crippen LogP contribution in [-0.4, -0.2) is 0 Å². The molecule has 0 saturated carbocycles.